The van der Waals surface area contributed by atoms with E-state index in [1.54, 1.807) is 0 Å². The van der Waals surface area contributed by atoms with Crippen LogP contribution in [0.1, 0.15) is 74.1 Å². The molecule has 2 fully saturated rings. The molecule has 3 aliphatic rings. The summed E-state index contributed by atoms with van der Waals surface area (Å²) in [5.74, 6) is 0.122. The Morgan fingerprint density at radius 2 is 1.76 bits per heavy atom. The zero-order valence-corrected chi connectivity index (χ0v) is 23.7. The van der Waals surface area contributed by atoms with Crippen molar-refractivity contribution < 1.29 is 28.3 Å². The molecule has 0 aromatic rings. The number of fused-ring (bicyclic) bond motifs is 3. The first kappa shape index (κ1) is 27.0. The fraction of sp³-hybridized carbons (Fsp3) is 0.815. The maximum absolute atomic E-state index is 13.8. The highest BCUT2D eigenvalue weighted by Crippen LogP contribution is 2.63. The second-order valence-corrected chi connectivity index (χ2v) is 17.8. The third-order valence-electron chi connectivity index (χ3n) is 9.30. The van der Waals surface area contributed by atoms with Gasteiger partial charge in [0, 0.05) is 31.6 Å². The van der Waals surface area contributed by atoms with Gasteiger partial charge < -0.3 is 13.9 Å². The Morgan fingerprint density at radius 3 is 2.29 bits per heavy atom. The van der Waals surface area contributed by atoms with Crippen LogP contribution in [0.2, 0.25) is 18.1 Å². The Kier molecular flexibility index (Phi) is 6.97. The van der Waals surface area contributed by atoms with Crippen LogP contribution in [0.4, 0.5) is 0 Å². The molecule has 0 unspecified atom stereocenters. The van der Waals surface area contributed by atoms with E-state index in [0.717, 1.165) is 18.6 Å². The van der Waals surface area contributed by atoms with Crippen LogP contribution in [0.15, 0.2) is 11.8 Å². The van der Waals surface area contributed by atoms with Crippen molar-refractivity contribution in [3.63, 3.8) is 0 Å². The molecular formula is C27H44O6Si. The lowest BCUT2D eigenvalue weighted by Gasteiger charge is -2.60. The smallest absolute Gasteiger partial charge is 0.316 e. The average molecular weight is 493 g/mol. The lowest BCUT2D eigenvalue weighted by Crippen LogP contribution is -2.61. The number of carbonyl (C=O) groups is 3. The maximum atomic E-state index is 13.8. The molecule has 0 N–H and O–H groups in total. The molecule has 0 saturated heterocycles. The summed E-state index contributed by atoms with van der Waals surface area (Å²) in [5, 5.41) is -0.00203. The van der Waals surface area contributed by atoms with Crippen LogP contribution in [-0.4, -0.2) is 39.3 Å². The summed E-state index contributed by atoms with van der Waals surface area (Å²) in [6.45, 7) is 18.6. The third kappa shape index (κ3) is 4.49. The Morgan fingerprint density at radius 1 is 1.15 bits per heavy atom. The number of Topliss-reactive ketones (excluding diaryl/α,β-unsaturated/α-hetero) is 1. The van der Waals surface area contributed by atoms with Gasteiger partial charge in [0.2, 0.25) is 8.32 Å². The number of hydrogen-bond acceptors (Lipinski definition) is 6. The summed E-state index contributed by atoms with van der Waals surface area (Å²) in [4.78, 5) is 38.9. The van der Waals surface area contributed by atoms with Crippen molar-refractivity contribution in [3.8, 4) is 0 Å². The van der Waals surface area contributed by atoms with Gasteiger partial charge in [0.25, 0.3) is 0 Å². The fourth-order valence-electron chi connectivity index (χ4n) is 6.89. The topological polar surface area (TPSA) is 78.9 Å². The van der Waals surface area contributed by atoms with Crippen LogP contribution in [0.5, 0.6) is 0 Å². The van der Waals surface area contributed by atoms with Gasteiger partial charge in [-0.3, -0.25) is 14.4 Å². The first-order valence-electron chi connectivity index (χ1n) is 12.7. The summed E-state index contributed by atoms with van der Waals surface area (Å²) in [6.07, 6.45) is 4.25. The molecule has 0 heterocycles. The third-order valence-corrected chi connectivity index (χ3v) is 13.7. The minimum absolute atomic E-state index is 0.00203. The van der Waals surface area contributed by atoms with E-state index in [1.807, 2.05) is 13.0 Å². The number of rotatable bonds is 4. The normalized spacial score (nSPS) is 38.2. The van der Waals surface area contributed by atoms with E-state index in [9.17, 15) is 14.4 Å². The Hall–Kier alpha value is -1.63. The highest BCUT2D eigenvalue weighted by atomic mass is 28.4. The first-order valence-corrected chi connectivity index (χ1v) is 15.6. The molecule has 0 amide bonds. The van der Waals surface area contributed by atoms with E-state index in [2.05, 4.69) is 47.7 Å². The minimum atomic E-state index is -2.17. The predicted molar refractivity (Wildman–Crippen MR) is 133 cm³/mol. The second-order valence-electron chi connectivity index (χ2n) is 13.0. The molecule has 0 aliphatic heterocycles. The van der Waals surface area contributed by atoms with Crippen LogP contribution >= 0.6 is 0 Å². The highest BCUT2D eigenvalue weighted by molar-refractivity contribution is 6.74. The Labute approximate surface area is 206 Å². The fourth-order valence-corrected chi connectivity index (χ4v) is 7.98. The number of ether oxygens (including phenoxy) is 2. The van der Waals surface area contributed by atoms with Crippen LogP contribution in [0.25, 0.3) is 0 Å². The molecule has 192 valence electrons. The number of hydrogen-bond donors (Lipinski definition) is 0. The summed E-state index contributed by atoms with van der Waals surface area (Å²) in [7, 11) is -0.787. The van der Waals surface area contributed by atoms with Gasteiger partial charge in [-0.2, -0.15) is 0 Å². The van der Waals surface area contributed by atoms with E-state index >= 15 is 0 Å². The van der Waals surface area contributed by atoms with Gasteiger partial charge in [-0.1, -0.05) is 34.6 Å². The van der Waals surface area contributed by atoms with E-state index in [-0.39, 0.29) is 34.7 Å². The molecule has 6 nitrogen and oxygen atoms in total. The van der Waals surface area contributed by atoms with Crippen molar-refractivity contribution in [1.82, 2.24) is 0 Å². The molecule has 0 bridgehead atoms. The van der Waals surface area contributed by atoms with E-state index in [4.69, 9.17) is 13.9 Å². The zero-order valence-electron chi connectivity index (χ0n) is 22.7. The molecule has 0 spiro atoms. The predicted octanol–water partition coefficient (Wildman–Crippen LogP) is 5.66. The van der Waals surface area contributed by atoms with Gasteiger partial charge in [0.1, 0.15) is 11.9 Å². The number of ketones is 1. The lowest BCUT2D eigenvalue weighted by molar-refractivity contribution is -0.182. The maximum Gasteiger partial charge on any atom is 0.316 e. The number of allylic oxidation sites excluding steroid dienone is 1. The lowest BCUT2D eigenvalue weighted by atomic mass is 9.44. The molecule has 34 heavy (non-hydrogen) atoms. The SMILES string of the molecule is COC(=O)[C@]1(C)C=C(O[Si](C)(C)C(C)(C)C)C[C@@]2(C)[C@@H]3C[C@@H](C)C[C@@H](OC(C)=O)[C@H]3CC(=O)[C@@H]21. The molecule has 2 saturated carbocycles. The first-order chi connectivity index (χ1) is 15.5. The standard InChI is InChI=1S/C27H44O6Si/c1-16-11-20-19(22(12-16)32-17(2)28)13-21(29)23-26(20,6)14-18(15-27(23,7)24(30)31-8)33-34(9,10)25(3,4)5/h15-16,19-20,22-23H,11-14H2,1-10H3/t16-,19+,20-,22-,23+,26+,27-/m1/s1. The monoisotopic (exact) mass is 492 g/mol. The molecule has 7 atom stereocenters. The van der Waals surface area contributed by atoms with Gasteiger partial charge >= 0.3 is 11.9 Å². The van der Waals surface area contributed by atoms with Gasteiger partial charge in [-0.25, -0.2) is 0 Å². The minimum Gasteiger partial charge on any atom is -0.547 e. The average Bonchev–Trinajstić information content (AvgIpc) is 2.66. The largest absolute Gasteiger partial charge is 0.547 e. The highest BCUT2D eigenvalue weighted by Gasteiger charge is 2.65. The van der Waals surface area contributed by atoms with Crippen molar-refractivity contribution in [3.05, 3.63) is 11.8 Å². The summed E-state index contributed by atoms with van der Waals surface area (Å²) < 4.78 is 17.8. The number of carbonyl (C=O) groups excluding carboxylic acids is 3. The molecule has 3 aliphatic carbocycles. The second kappa shape index (κ2) is 8.79. The van der Waals surface area contributed by atoms with Crippen LogP contribution < -0.4 is 0 Å². The summed E-state index contributed by atoms with van der Waals surface area (Å²) >= 11 is 0. The van der Waals surface area contributed by atoms with E-state index in [1.165, 1.54) is 14.0 Å². The number of esters is 2. The van der Waals surface area contributed by atoms with Crippen LogP contribution in [0.3, 0.4) is 0 Å². The summed E-state index contributed by atoms with van der Waals surface area (Å²) in [5.41, 5.74) is -1.60. The molecular weight excluding hydrogens is 448 g/mol. The quantitative estimate of drug-likeness (QED) is 0.372. The van der Waals surface area contributed by atoms with Crippen molar-refractivity contribution in [1.29, 1.82) is 0 Å². The van der Waals surface area contributed by atoms with Crippen molar-refractivity contribution in [2.45, 2.75) is 98.4 Å². The Balaban J connectivity index is 2.12. The molecule has 0 aromatic heterocycles. The molecule has 0 aromatic carbocycles. The van der Waals surface area contributed by atoms with Gasteiger partial charge in [-0.05, 0) is 61.2 Å². The molecule has 3 rings (SSSR count). The molecule has 7 heteroatoms. The van der Waals surface area contributed by atoms with E-state index < -0.39 is 31.0 Å². The van der Waals surface area contributed by atoms with Crippen molar-refractivity contribution in [2.24, 2.45) is 34.5 Å². The Bertz CT molecular complexity index is 886. The van der Waals surface area contributed by atoms with Crippen LogP contribution in [0, 0.1) is 34.5 Å². The van der Waals surface area contributed by atoms with Gasteiger partial charge in [0.05, 0.1) is 18.3 Å². The number of methoxy groups -OCH3 is 1. The molecule has 0 radical (unpaired) electrons. The van der Waals surface area contributed by atoms with E-state index in [0.29, 0.717) is 18.8 Å². The van der Waals surface area contributed by atoms with Crippen LogP contribution in [-0.2, 0) is 28.3 Å². The zero-order chi connectivity index (χ0) is 25.9. The van der Waals surface area contributed by atoms with Gasteiger partial charge in [0.15, 0.2) is 0 Å². The van der Waals surface area contributed by atoms with Gasteiger partial charge in [-0.15, -0.1) is 0 Å². The van der Waals surface area contributed by atoms with Crippen molar-refractivity contribution in [2.75, 3.05) is 7.11 Å². The summed E-state index contributed by atoms with van der Waals surface area (Å²) in [6, 6.07) is 0. The van der Waals surface area contributed by atoms with Crippen molar-refractivity contribution >= 4 is 26.0 Å².